The average molecular weight is 276 g/mol. The lowest BCUT2D eigenvalue weighted by Gasteiger charge is -1.94. The van der Waals surface area contributed by atoms with Gasteiger partial charge in [0, 0.05) is 29.7 Å². The lowest BCUT2D eigenvalue weighted by atomic mass is 10.1. The third-order valence-corrected chi connectivity index (χ3v) is 3.13. The molecule has 0 bridgehead atoms. The maximum Gasteiger partial charge on any atom is 0.174 e. The molecule has 0 aliphatic rings. The first kappa shape index (κ1) is 9.66. The molecule has 0 aliphatic heterocycles. The summed E-state index contributed by atoms with van der Waals surface area (Å²) in [4.78, 5) is 7.35. The molecule has 0 aliphatic carbocycles. The fourth-order valence-electron chi connectivity index (χ4n) is 1.99. The van der Waals surface area contributed by atoms with Crippen LogP contribution < -0.4 is 0 Å². The van der Waals surface area contributed by atoms with Crippen LogP contribution in [0.2, 0.25) is 0 Å². The molecule has 0 unspecified atom stereocenters. The van der Waals surface area contributed by atoms with Gasteiger partial charge in [0.05, 0.1) is 11.9 Å². The number of benzene rings is 1. The largest absolute Gasteiger partial charge is 0.350 e. The Kier molecular flexibility index (Phi) is 2.11. The first-order chi connectivity index (χ1) is 7.75. The van der Waals surface area contributed by atoms with E-state index in [9.17, 15) is 0 Å². The monoisotopic (exact) mass is 275 g/mol. The Hall–Kier alpha value is -1.55. The van der Waals surface area contributed by atoms with Crippen molar-refractivity contribution in [3.05, 3.63) is 41.4 Å². The van der Waals surface area contributed by atoms with Gasteiger partial charge in [-0.1, -0.05) is 18.2 Å². The lowest BCUT2D eigenvalue weighted by Crippen LogP contribution is -1.81. The third-order valence-electron chi connectivity index (χ3n) is 2.73. The van der Waals surface area contributed by atoms with Gasteiger partial charge in [0.1, 0.15) is 0 Å². The Morgan fingerprint density at radius 3 is 2.88 bits per heavy atom. The molecular weight excluding hydrogens is 266 g/mol. The predicted molar refractivity (Wildman–Crippen MR) is 68.2 cm³/mol. The number of fused-ring (bicyclic) bond motifs is 1. The normalized spacial score (nSPS) is 11.1. The van der Waals surface area contributed by atoms with Crippen LogP contribution in [0.5, 0.6) is 0 Å². The van der Waals surface area contributed by atoms with Crippen molar-refractivity contribution in [1.29, 1.82) is 0 Å². The molecule has 4 heteroatoms. The first-order valence-electron chi connectivity index (χ1n) is 5.00. The predicted octanol–water partition coefficient (Wildman–Crippen LogP) is 3.33. The molecule has 3 rings (SSSR count). The fraction of sp³-hybridized carbons (Fsp3) is 0.0833. The van der Waals surface area contributed by atoms with Crippen LogP contribution in [0.4, 0.5) is 0 Å². The van der Waals surface area contributed by atoms with Gasteiger partial charge in [-0.15, -0.1) is 0 Å². The number of rotatable bonds is 1. The molecule has 0 spiro atoms. The molecule has 16 heavy (non-hydrogen) atoms. The van der Waals surface area contributed by atoms with Crippen LogP contribution >= 0.6 is 15.9 Å². The van der Waals surface area contributed by atoms with E-state index in [1.807, 2.05) is 6.20 Å². The Bertz CT molecular complexity index is 651. The van der Waals surface area contributed by atoms with Crippen molar-refractivity contribution in [2.75, 3.05) is 0 Å². The number of hydrogen-bond donors (Lipinski definition) is 1. The van der Waals surface area contributed by atoms with E-state index in [1.54, 1.807) is 0 Å². The Labute approximate surface area is 101 Å². The zero-order chi connectivity index (χ0) is 11.1. The number of halogens is 1. The fourth-order valence-corrected chi connectivity index (χ4v) is 2.31. The standard InChI is InChI=1S/C12H10BrN3/c1-16-7-9(10-6-14-12(13)15-10)8-4-2-3-5-11(8)16/h2-7H,1H3,(H,14,15). The van der Waals surface area contributed by atoms with Crippen molar-refractivity contribution in [2.45, 2.75) is 0 Å². The smallest absolute Gasteiger partial charge is 0.174 e. The maximum absolute atomic E-state index is 4.16. The van der Waals surface area contributed by atoms with Crippen molar-refractivity contribution in [1.82, 2.24) is 14.5 Å². The Morgan fingerprint density at radius 2 is 2.12 bits per heavy atom. The highest BCUT2D eigenvalue weighted by molar-refractivity contribution is 9.10. The van der Waals surface area contributed by atoms with E-state index in [0.717, 1.165) is 10.4 Å². The molecule has 0 saturated carbocycles. The molecule has 1 N–H and O–H groups in total. The highest BCUT2D eigenvalue weighted by Gasteiger charge is 2.09. The van der Waals surface area contributed by atoms with Gasteiger partial charge in [-0.2, -0.15) is 0 Å². The van der Waals surface area contributed by atoms with Crippen molar-refractivity contribution < 1.29 is 0 Å². The molecule has 0 amide bonds. The second kappa shape index (κ2) is 3.49. The van der Waals surface area contributed by atoms with E-state index < -0.39 is 0 Å². The summed E-state index contributed by atoms with van der Waals surface area (Å²) in [7, 11) is 2.05. The van der Waals surface area contributed by atoms with Gasteiger partial charge in [0.25, 0.3) is 0 Å². The minimum Gasteiger partial charge on any atom is -0.350 e. The van der Waals surface area contributed by atoms with Gasteiger partial charge in [0.2, 0.25) is 0 Å². The van der Waals surface area contributed by atoms with Gasteiger partial charge >= 0.3 is 0 Å². The zero-order valence-electron chi connectivity index (χ0n) is 8.74. The van der Waals surface area contributed by atoms with E-state index in [0.29, 0.717) is 0 Å². The quantitative estimate of drug-likeness (QED) is 0.726. The summed E-state index contributed by atoms with van der Waals surface area (Å²) < 4.78 is 2.88. The number of aromatic nitrogens is 3. The summed E-state index contributed by atoms with van der Waals surface area (Å²) in [5.41, 5.74) is 3.43. The molecule has 0 fully saturated rings. The van der Waals surface area contributed by atoms with E-state index in [4.69, 9.17) is 0 Å². The summed E-state index contributed by atoms with van der Waals surface area (Å²) in [6.45, 7) is 0. The number of nitrogens with one attached hydrogen (secondary N) is 1. The Morgan fingerprint density at radius 1 is 1.31 bits per heavy atom. The first-order valence-corrected chi connectivity index (χ1v) is 5.80. The summed E-state index contributed by atoms with van der Waals surface area (Å²) in [5.74, 6) is 0. The third kappa shape index (κ3) is 1.38. The van der Waals surface area contributed by atoms with Crippen LogP contribution in [0, 0.1) is 0 Å². The number of aryl methyl sites for hydroxylation is 1. The molecule has 3 aromatic rings. The summed E-state index contributed by atoms with van der Waals surface area (Å²) >= 11 is 3.33. The topological polar surface area (TPSA) is 33.6 Å². The van der Waals surface area contributed by atoms with Crippen molar-refractivity contribution in [3.63, 3.8) is 0 Å². The summed E-state index contributed by atoms with van der Waals surface area (Å²) in [6.07, 6.45) is 3.95. The van der Waals surface area contributed by atoms with E-state index in [1.165, 1.54) is 16.5 Å². The van der Waals surface area contributed by atoms with Crippen molar-refractivity contribution >= 4 is 26.8 Å². The van der Waals surface area contributed by atoms with Gasteiger partial charge in [-0.3, -0.25) is 0 Å². The Balaban J connectivity index is 2.32. The van der Waals surface area contributed by atoms with E-state index in [2.05, 4.69) is 68.0 Å². The van der Waals surface area contributed by atoms with Gasteiger partial charge in [-0.05, 0) is 22.0 Å². The minimum absolute atomic E-state index is 0.760. The van der Waals surface area contributed by atoms with Crippen LogP contribution in [0.15, 0.2) is 41.4 Å². The number of nitrogens with zero attached hydrogens (tertiary/aromatic N) is 2. The molecule has 0 atom stereocenters. The number of aromatic amines is 1. The van der Waals surface area contributed by atoms with E-state index in [-0.39, 0.29) is 0 Å². The van der Waals surface area contributed by atoms with Crippen LogP contribution in [-0.2, 0) is 7.05 Å². The van der Waals surface area contributed by atoms with Crippen molar-refractivity contribution in [2.24, 2.45) is 7.05 Å². The highest BCUT2D eigenvalue weighted by atomic mass is 79.9. The molecule has 2 heterocycles. The SMILES string of the molecule is Cn1cc(-c2cnc(Br)[nH]2)c2ccccc21. The van der Waals surface area contributed by atoms with Crippen LogP contribution in [0.3, 0.4) is 0 Å². The van der Waals surface area contributed by atoms with Crippen molar-refractivity contribution in [3.8, 4) is 11.3 Å². The van der Waals surface area contributed by atoms with Crippen LogP contribution in [-0.4, -0.2) is 14.5 Å². The van der Waals surface area contributed by atoms with Gasteiger partial charge < -0.3 is 9.55 Å². The molecule has 0 radical (unpaired) electrons. The van der Waals surface area contributed by atoms with Gasteiger partial charge in [-0.25, -0.2) is 4.98 Å². The van der Waals surface area contributed by atoms with Crippen LogP contribution in [0.1, 0.15) is 0 Å². The summed E-state index contributed by atoms with van der Waals surface area (Å²) in [5, 5.41) is 1.24. The molecule has 1 aromatic carbocycles. The second-order valence-corrected chi connectivity index (χ2v) is 4.51. The van der Waals surface area contributed by atoms with Crippen LogP contribution in [0.25, 0.3) is 22.2 Å². The molecule has 2 aromatic heterocycles. The number of imidazole rings is 1. The number of hydrogen-bond acceptors (Lipinski definition) is 1. The lowest BCUT2D eigenvalue weighted by molar-refractivity contribution is 0.969. The highest BCUT2D eigenvalue weighted by Crippen LogP contribution is 2.29. The molecule has 0 saturated heterocycles. The maximum atomic E-state index is 4.16. The average Bonchev–Trinajstić information content (AvgIpc) is 2.84. The summed E-state index contributed by atoms with van der Waals surface area (Å²) in [6, 6.07) is 8.34. The second-order valence-electron chi connectivity index (χ2n) is 3.76. The zero-order valence-corrected chi connectivity index (χ0v) is 10.3. The minimum atomic E-state index is 0.760. The van der Waals surface area contributed by atoms with E-state index >= 15 is 0 Å². The molecular formula is C12H10BrN3. The number of para-hydroxylation sites is 1. The number of H-pyrrole nitrogens is 1. The molecule has 80 valence electrons. The molecule has 3 nitrogen and oxygen atoms in total. The van der Waals surface area contributed by atoms with Gasteiger partial charge in [0.15, 0.2) is 4.73 Å².